The third-order valence-corrected chi connectivity index (χ3v) is 4.60. The van der Waals surface area contributed by atoms with Crippen molar-refractivity contribution in [2.45, 2.75) is 59.0 Å². The van der Waals surface area contributed by atoms with Crippen molar-refractivity contribution in [3.63, 3.8) is 0 Å². The molecular formula is C13H22N2S. The number of thiazole rings is 1. The van der Waals surface area contributed by atoms with Crippen LogP contribution in [-0.2, 0) is 6.54 Å². The van der Waals surface area contributed by atoms with Crippen LogP contribution >= 0.6 is 11.3 Å². The zero-order valence-corrected chi connectivity index (χ0v) is 11.4. The summed E-state index contributed by atoms with van der Waals surface area (Å²) >= 11 is 1.82. The van der Waals surface area contributed by atoms with Gasteiger partial charge < -0.3 is 5.32 Å². The Balaban J connectivity index is 1.75. The summed E-state index contributed by atoms with van der Waals surface area (Å²) in [5.74, 6) is 0.992. The average molecular weight is 238 g/mol. The van der Waals surface area contributed by atoms with Gasteiger partial charge in [0.15, 0.2) is 0 Å². The first-order valence-electron chi connectivity index (χ1n) is 6.31. The molecule has 3 heteroatoms. The van der Waals surface area contributed by atoms with Crippen LogP contribution in [0.5, 0.6) is 0 Å². The summed E-state index contributed by atoms with van der Waals surface area (Å²) < 4.78 is 0. The van der Waals surface area contributed by atoms with Crippen molar-refractivity contribution in [2.24, 2.45) is 5.92 Å². The number of hydrogen-bond acceptors (Lipinski definition) is 3. The lowest BCUT2D eigenvalue weighted by molar-refractivity contribution is 0.265. The van der Waals surface area contributed by atoms with Gasteiger partial charge in [-0.15, -0.1) is 11.3 Å². The quantitative estimate of drug-likeness (QED) is 0.850. The number of rotatable bonds is 5. The van der Waals surface area contributed by atoms with Gasteiger partial charge in [-0.25, -0.2) is 4.98 Å². The van der Waals surface area contributed by atoms with Crippen molar-refractivity contribution in [2.75, 3.05) is 0 Å². The lowest BCUT2D eigenvalue weighted by Gasteiger charge is -2.28. The summed E-state index contributed by atoms with van der Waals surface area (Å²) in [6.45, 7) is 7.49. The Kier molecular flexibility index (Phi) is 3.98. The highest BCUT2D eigenvalue weighted by atomic mass is 32.1. The van der Waals surface area contributed by atoms with Crippen molar-refractivity contribution in [3.8, 4) is 0 Å². The van der Waals surface area contributed by atoms with Crippen molar-refractivity contribution >= 4 is 11.3 Å². The minimum Gasteiger partial charge on any atom is -0.309 e. The number of aryl methyl sites for hydroxylation is 2. The van der Waals surface area contributed by atoms with Crippen LogP contribution in [0.15, 0.2) is 0 Å². The van der Waals surface area contributed by atoms with Crippen LogP contribution in [0.25, 0.3) is 0 Å². The molecule has 2 rings (SSSR count). The van der Waals surface area contributed by atoms with E-state index in [2.05, 4.69) is 31.1 Å². The van der Waals surface area contributed by atoms with Crippen LogP contribution in [0.1, 0.15) is 48.2 Å². The normalized spacial score (nSPS) is 18.4. The van der Waals surface area contributed by atoms with E-state index in [1.165, 1.54) is 41.3 Å². The Bertz CT molecular complexity index is 342. The molecule has 0 bridgehead atoms. The van der Waals surface area contributed by atoms with Gasteiger partial charge >= 0.3 is 0 Å². The molecule has 0 aliphatic heterocycles. The first kappa shape index (κ1) is 12.1. The van der Waals surface area contributed by atoms with E-state index in [9.17, 15) is 0 Å². The molecule has 0 spiro atoms. The highest BCUT2D eigenvalue weighted by molar-refractivity contribution is 7.11. The van der Waals surface area contributed by atoms with Crippen molar-refractivity contribution in [1.82, 2.24) is 10.3 Å². The van der Waals surface area contributed by atoms with Crippen LogP contribution < -0.4 is 5.32 Å². The van der Waals surface area contributed by atoms with Crippen LogP contribution in [0.3, 0.4) is 0 Å². The summed E-state index contributed by atoms with van der Waals surface area (Å²) in [6, 6.07) is 0.645. The largest absolute Gasteiger partial charge is 0.309 e. The van der Waals surface area contributed by atoms with Crippen LogP contribution in [0.4, 0.5) is 0 Å². The summed E-state index contributed by atoms with van der Waals surface area (Å²) in [4.78, 5) is 5.86. The first-order valence-corrected chi connectivity index (χ1v) is 7.13. The SMILES string of the molecule is Cc1nc(C)c(CNC(C)CC2CCC2)s1. The van der Waals surface area contributed by atoms with Gasteiger partial charge in [0.05, 0.1) is 10.7 Å². The highest BCUT2D eigenvalue weighted by Crippen LogP contribution is 2.30. The van der Waals surface area contributed by atoms with Crippen molar-refractivity contribution in [3.05, 3.63) is 15.6 Å². The minimum absolute atomic E-state index is 0.645. The molecule has 1 heterocycles. The van der Waals surface area contributed by atoms with Gasteiger partial charge in [-0.05, 0) is 33.1 Å². The first-order chi connectivity index (χ1) is 7.65. The van der Waals surface area contributed by atoms with Gasteiger partial charge in [0, 0.05) is 17.5 Å². The second kappa shape index (κ2) is 5.28. The topological polar surface area (TPSA) is 24.9 Å². The van der Waals surface area contributed by atoms with Crippen molar-refractivity contribution < 1.29 is 0 Å². The molecule has 1 saturated carbocycles. The minimum atomic E-state index is 0.645. The fourth-order valence-electron chi connectivity index (χ4n) is 2.32. The molecule has 90 valence electrons. The van der Waals surface area contributed by atoms with E-state index in [0.29, 0.717) is 6.04 Å². The van der Waals surface area contributed by atoms with E-state index < -0.39 is 0 Å². The van der Waals surface area contributed by atoms with Crippen LogP contribution in [0, 0.1) is 19.8 Å². The molecule has 16 heavy (non-hydrogen) atoms. The smallest absolute Gasteiger partial charge is 0.0900 e. The lowest BCUT2D eigenvalue weighted by atomic mass is 9.81. The molecule has 1 aliphatic carbocycles. The molecule has 0 aromatic carbocycles. The van der Waals surface area contributed by atoms with Gasteiger partial charge in [-0.3, -0.25) is 0 Å². The molecule has 1 aromatic heterocycles. The van der Waals surface area contributed by atoms with E-state index in [1.54, 1.807) is 0 Å². The molecule has 1 fully saturated rings. The van der Waals surface area contributed by atoms with Gasteiger partial charge in [0.1, 0.15) is 0 Å². The molecule has 0 radical (unpaired) electrons. The highest BCUT2D eigenvalue weighted by Gasteiger charge is 2.19. The summed E-state index contributed by atoms with van der Waals surface area (Å²) in [6.07, 6.45) is 5.69. The number of aromatic nitrogens is 1. The van der Waals surface area contributed by atoms with Crippen LogP contribution in [-0.4, -0.2) is 11.0 Å². The van der Waals surface area contributed by atoms with E-state index in [0.717, 1.165) is 12.5 Å². The summed E-state index contributed by atoms with van der Waals surface area (Å²) in [7, 11) is 0. The Hall–Kier alpha value is -0.410. The predicted molar refractivity (Wildman–Crippen MR) is 69.8 cm³/mol. The summed E-state index contributed by atoms with van der Waals surface area (Å²) in [5.41, 5.74) is 1.20. The Morgan fingerprint density at radius 2 is 2.19 bits per heavy atom. The van der Waals surface area contributed by atoms with E-state index in [4.69, 9.17) is 0 Å². The molecule has 1 aromatic rings. The predicted octanol–water partition coefficient (Wildman–Crippen LogP) is 3.43. The fraction of sp³-hybridized carbons (Fsp3) is 0.769. The third-order valence-electron chi connectivity index (χ3n) is 3.52. The molecule has 1 atom stereocenters. The molecule has 2 nitrogen and oxygen atoms in total. The van der Waals surface area contributed by atoms with Gasteiger partial charge in [0.25, 0.3) is 0 Å². The zero-order chi connectivity index (χ0) is 11.5. The second-order valence-corrected chi connectivity index (χ2v) is 6.34. The molecular weight excluding hydrogens is 216 g/mol. The van der Waals surface area contributed by atoms with E-state index in [-0.39, 0.29) is 0 Å². The maximum atomic E-state index is 4.46. The third kappa shape index (κ3) is 3.05. The molecule has 1 N–H and O–H groups in total. The van der Waals surface area contributed by atoms with Crippen molar-refractivity contribution in [1.29, 1.82) is 0 Å². The second-order valence-electron chi connectivity index (χ2n) is 5.06. The van der Waals surface area contributed by atoms with E-state index >= 15 is 0 Å². The average Bonchev–Trinajstić information content (AvgIpc) is 2.48. The van der Waals surface area contributed by atoms with Gasteiger partial charge in [0.2, 0.25) is 0 Å². The molecule has 0 saturated heterocycles. The Labute approximate surface area is 102 Å². The number of nitrogens with zero attached hydrogens (tertiary/aromatic N) is 1. The Morgan fingerprint density at radius 3 is 2.69 bits per heavy atom. The van der Waals surface area contributed by atoms with Gasteiger partial charge in [-0.2, -0.15) is 0 Å². The zero-order valence-electron chi connectivity index (χ0n) is 10.5. The Morgan fingerprint density at radius 1 is 1.44 bits per heavy atom. The molecule has 1 aliphatic rings. The maximum Gasteiger partial charge on any atom is 0.0900 e. The summed E-state index contributed by atoms with van der Waals surface area (Å²) in [5, 5.41) is 4.80. The lowest BCUT2D eigenvalue weighted by Crippen LogP contribution is -2.29. The molecule has 1 unspecified atom stereocenters. The monoisotopic (exact) mass is 238 g/mol. The van der Waals surface area contributed by atoms with Gasteiger partial charge in [-0.1, -0.05) is 19.3 Å². The number of hydrogen-bond donors (Lipinski definition) is 1. The van der Waals surface area contributed by atoms with E-state index in [1.807, 2.05) is 11.3 Å². The number of nitrogens with one attached hydrogen (secondary N) is 1. The maximum absolute atomic E-state index is 4.46. The molecule has 0 amide bonds. The fourth-order valence-corrected chi connectivity index (χ4v) is 3.20. The standard InChI is InChI=1S/C13H22N2S/c1-9(7-12-5-4-6-12)14-8-13-10(2)15-11(3)16-13/h9,12,14H,4-8H2,1-3H3. The van der Waals surface area contributed by atoms with Crippen LogP contribution in [0.2, 0.25) is 0 Å².